The Labute approximate surface area is 85.5 Å². The molecule has 1 heterocycles. The first-order valence-corrected chi connectivity index (χ1v) is 5.30. The molecule has 1 aromatic rings. The van der Waals surface area contributed by atoms with Crippen molar-refractivity contribution in [1.82, 2.24) is 4.98 Å². The van der Waals surface area contributed by atoms with E-state index >= 15 is 0 Å². The molecule has 76 valence electrons. The van der Waals surface area contributed by atoms with Crippen LogP contribution in [0.3, 0.4) is 0 Å². The van der Waals surface area contributed by atoms with Crippen LogP contribution in [-0.4, -0.2) is 4.98 Å². The van der Waals surface area contributed by atoms with Crippen LogP contribution in [0.2, 0.25) is 0 Å². The molecule has 1 aromatic heterocycles. The molecule has 0 spiro atoms. The second-order valence-corrected chi connectivity index (χ2v) is 4.53. The van der Waals surface area contributed by atoms with Gasteiger partial charge in [-0.2, -0.15) is 0 Å². The van der Waals surface area contributed by atoms with Crippen LogP contribution in [-0.2, 0) is 5.54 Å². The molecule has 0 aliphatic heterocycles. The van der Waals surface area contributed by atoms with Crippen LogP contribution in [0.5, 0.6) is 0 Å². The summed E-state index contributed by atoms with van der Waals surface area (Å²) in [5, 5.41) is 0. The average Bonchev–Trinajstić information content (AvgIpc) is 2.77. The van der Waals surface area contributed by atoms with Gasteiger partial charge in [-0.3, -0.25) is 4.98 Å². The third kappa shape index (κ3) is 1.34. The Balaban J connectivity index is 2.34. The van der Waals surface area contributed by atoms with Gasteiger partial charge in [0.15, 0.2) is 0 Å². The SMILES string of the molecule is CCC1CC1(N)c1ncc(C)cc1C. The van der Waals surface area contributed by atoms with Crippen LogP contribution in [0.25, 0.3) is 0 Å². The molecular weight excluding hydrogens is 172 g/mol. The number of hydrogen-bond acceptors (Lipinski definition) is 2. The molecule has 1 aliphatic rings. The Morgan fingerprint density at radius 1 is 1.57 bits per heavy atom. The highest BCUT2D eigenvalue weighted by Gasteiger charge is 2.52. The molecule has 1 saturated carbocycles. The first kappa shape index (κ1) is 9.66. The summed E-state index contributed by atoms with van der Waals surface area (Å²) in [6, 6.07) is 2.17. The van der Waals surface area contributed by atoms with E-state index in [4.69, 9.17) is 5.73 Å². The Morgan fingerprint density at radius 3 is 2.79 bits per heavy atom. The lowest BCUT2D eigenvalue weighted by Gasteiger charge is -2.13. The number of hydrogen-bond donors (Lipinski definition) is 1. The van der Waals surface area contributed by atoms with Gasteiger partial charge in [0, 0.05) is 6.20 Å². The Hall–Kier alpha value is -0.890. The summed E-state index contributed by atoms with van der Waals surface area (Å²) >= 11 is 0. The second-order valence-electron chi connectivity index (χ2n) is 4.53. The van der Waals surface area contributed by atoms with Crippen LogP contribution < -0.4 is 5.73 Å². The van der Waals surface area contributed by atoms with E-state index < -0.39 is 0 Å². The predicted molar refractivity (Wildman–Crippen MR) is 58.0 cm³/mol. The zero-order valence-corrected chi connectivity index (χ0v) is 9.17. The zero-order chi connectivity index (χ0) is 10.3. The first-order valence-electron chi connectivity index (χ1n) is 5.30. The van der Waals surface area contributed by atoms with E-state index in [-0.39, 0.29) is 5.54 Å². The summed E-state index contributed by atoms with van der Waals surface area (Å²) in [4.78, 5) is 4.48. The summed E-state index contributed by atoms with van der Waals surface area (Å²) < 4.78 is 0. The number of rotatable bonds is 2. The molecule has 0 aromatic carbocycles. The molecule has 1 fully saturated rings. The number of aromatic nitrogens is 1. The van der Waals surface area contributed by atoms with E-state index in [2.05, 4.69) is 31.8 Å². The van der Waals surface area contributed by atoms with Crippen molar-refractivity contribution < 1.29 is 0 Å². The standard InChI is InChI=1S/C12H18N2/c1-4-10-6-12(10,13)11-9(3)5-8(2)7-14-11/h5,7,10H,4,6,13H2,1-3H3. The van der Waals surface area contributed by atoms with Crippen molar-refractivity contribution in [2.75, 3.05) is 0 Å². The average molecular weight is 190 g/mol. The monoisotopic (exact) mass is 190 g/mol. The molecule has 2 nitrogen and oxygen atoms in total. The van der Waals surface area contributed by atoms with Crippen LogP contribution in [0.1, 0.15) is 36.6 Å². The van der Waals surface area contributed by atoms with E-state index in [1.54, 1.807) is 0 Å². The van der Waals surface area contributed by atoms with Gasteiger partial charge in [-0.25, -0.2) is 0 Å². The lowest BCUT2D eigenvalue weighted by atomic mass is 10.0. The molecule has 0 saturated heterocycles. The highest BCUT2D eigenvalue weighted by molar-refractivity contribution is 5.34. The molecule has 2 unspecified atom stereocenters. The first-order chi connectivity index (χ1) is 6.58. The topological polar surface area (TPSA) is 38.9 Å². The van der Waals surface area contributed by atoms with Crippen molar-refractivity contribution in [3.8, 4) is 0 Å². The van der Waals surface area contributed by atoms with Crippen molar-refractivity contribution in [3.05, 3.63) is 29.1 Å². The molecule has 2 N–H and O–H groups in total. The Kier molecular flexibility index (Phi) is 2.11. The molecule has 2 atom stereocenters. The van der Waals surface area contributed by atoms with Gasteiger partial charge in [-0.1, -0.05) is 19.4 Å². The van der Waals surface area contributed by atoms with Crippen molar-refractivity contribution in [2.24, 2.45) is 11.7 Å². The third-order valence-corrected chi connectivity index (χ3v) is 3.30. The molecule has 2 heteroatoms. The minimum Gasteiger partial charge on any atom is -0.320 e. The fourth-order valence-electron chi connectivity index (χ4n) is 2.35. The second kappa shape index (κ2) is 3.06. The van der Waals surface area contributed by atoms with Crippen molar-refractivity contribution in [2.45, 2.75) is 39.2 Å². The summed E-state index contributed by atoms with van der Waals surface area (Å²) in [6.07, 6.45) is 4.17. The Morgan fingerprint density at radius 2 is 2.29 bits per heavy atom. The number of nitrogens with zero attached hydrogens (tertiary/aromatic N) is 1. The molecule has 2 rings (SSSR count). The molecule has 0 amide bonds. The van der Waals surface area contributed by atoms with Crippen molar-refractivity contribution >= 4 is 0 Å². The zero-order valence-electron chi connectivity index (χ0n) is 9.17. The summed E-state index contributed by atoms with van der Waals surface area (Å²) in [7, 11) is 0. The highest BCUT2D eigenvalue weighted by Crippen LogP contribution is 2.51. The summed E-state index contributed by atoms with van der Waals surface area (Å²) in [5.74, 6) is 0.636. The van der Waals surface area contributed by atoms with Gasteiger partial charge in [-0.05, 0) is 37.3 Å². The van der Waals surface area contributed by atoms with Gasteiger partial charge in [0.2, 0.25) is 0 Å². The van der Waals surface area contributed by atoms with Gasteiger partial charge in [0.1, 0.15) is 0 Å². The van der Waals surface area contributed by atoms with E-state index in [0.29, 0.717) is 5.92 Å². The maximum absolute atomic E-state index is 6.31. The fourth-order valence-corrected chi connectivity index (χ4v) is 2.35. The van der Waals surface area contributed by atoms with Crippen molar-refractivity contribution in [3.63, 3.8) is 0 Å². The van der Waals surface area contributed by atoms with E-state index in [0.717, 1.165) is 18.5 Å². The van der Waals surface area contributed by atoms with Crippen LogP contribution >= 0.6 is 0 Å². The van der Waals surface area contributed by atoms with Gasteiger partial charge in [0.05, 0.1) is 11.2 Å². The van der Waals surface area contributed by atoms with Gasteiger partial charge < -0.3 is 5.73 Å². The molecule has 14 heavy (non-hydrogen) atoms. The van der Waals surface area contributed by atoms with Gasteiger partial charge in [0.25, 0.3) is 0 Å². The molecule has 0 radical (unpaired) electrons. The van der Waals surface area contributed by atoms with Crippen LogP contribution in [0.4, 0.5) is 0 Å². The molecule has 1 aliphatic carbocycles. The normalized spacial score (nSPS) is 30.4. The van der Waals surface area contributed by atoms with E-state index in [1.165, 1.54) is 11.1 Å². The van der Waals surface area contributed by atoms with Gasteiger partial charge >= 0.3 is 0 Å². The minimum atomic E-state index is -0.119. The van der Waals surface area contributed by atoms with Crippen molar-refractivity contribution in [1.29, 1.82) is 0 Å². The summed E-state index contributed by atoms with van der Waals surface area (Å²) in [5.41, 5.74) is 9.75. The lowest BCUT2D eigenvalue weighted by molar-refractivity contribution is 0.594. The fraction of sp³-hybridized carbons (Fsp3) is 0.583. The highest BCUT2D eigenvalue weighted by atomic mass is 14.9. The van der Waals surface area contributed by atoms with E-state index in [9.17, 15) is 0 Å². The maximum atomic E-state index is 6.31. The number of pyridine rings is 1. The summed E-state index contributed by atoms with van der Waals surface area (Å²) in [6.45, 7) is 6.37. The van der Waals surface area contributed by atoms with Crippen LogP contribution in [0, 0.1) is 19.8 Å². The smallest absolute Gasteiger partial charge is 0.0634 e. The minimum absolute atomic E-state index is 0.119. The predicted octanol–water partition coefficient (Wildman–Crippen LogP) is 2.28. The molecular formula is C12H18N2. The molecule has 0 bridgehead atoms. The third-order valence-electron chi connectivity index (χ3n) is 3.30. The largest absolute Gasteiger partial charge is 0.320 e. The maximum Gasteiger partial charge on any atom is 0.0634 e. The number of nitrogens with two attached hydrogens (primary N) is 1. The van der Waals surface area contributed by atoms with Gasteiger partial charge in [-0.15, -0.1) is 0 Å². The lowest BCUT2D eigenvalue weighted by Crippen LogP contribution is -2.24. The quantitative estimate of drug-likeness (QED) is 0.777. The Bertz CT molecular complexity index is 359. The van der Waals surface area contributed by atoms with E-state index in [1.807, 2.05) is 6.20 Å². The van der Waals surface area contributed by atoms with Crippen LogP contribution in [0.15, 0.2) is 12.3 Å². The number of aryl methyl sites for hydroxylation is 2.